The van der Waals surface area contributed by atoms with Crippen molar-refractivity contribution in [3.05, 3.63) is 63.9 Å². The summed E-state index contributed by atoms with van der Waals surface area (Å²) in [5, 5.41) is 0. The molecule has 0 aliphatic heterocycles. The molecular weight excluding hydrogens is 250 g/mol. The molecule has 1 heterocycles. The molecule has 0 saturated carbocycles. The second-order valence-corrected chi connectivity index (χ2v) is 4.50. The maximum Gasteiger partial charge on any atom is 0.0477 e. The summed E-state index contributed by atoms with van der Waals surface area (Å²) in [5.41, 5.74) is 3.67. The zero-order chi connectivity index (χ0) is 10.7. The van der Waals surface area contributed by atoms with Crippen LogP contribution < -0.4 is 0 Å². The van der Waals surface area contributed by atoms with E-state index >= 15 is 0 Å². The van der Waals surface area contributed by atoms with Crippen molar-refractivity contribution in [1.82, 2.24) is 4.98 Å². The second kappa shape index (κ2) is 4.58. The topological polar surface area (TPSA) is 12.9 Å². The van der Waals surface area contributed by atoms with E-state index in [2.05, 4.69) is 58.2 Å². The van der Waals surface area contributed by atoms with Crippen LogP contribution in [0, 0.1) is 6.92 Å². The summed E-state index contributed by atoms with van der Waals surface area (Å²) in [5.74, 6) is 0. The van der Waals surface area contributed by atoms with Gasteiger partial charge in [-0.25, -0.2) is 0 Å². The lowest BCUT2D eigenvalue weighted by atomic mass is 10.1. The van der Waals surface area contributed by atoms with Gasteiger partial charge in [0.1, 0.15) is 0 Å². The van der Waals surface area contributed by atoms with Crippen LogP contribution in [0.5, 0.6) is 0 Å². The molecule has 76 valence electrons. The second-order valence-electron chi connectivity index (χ2n) is 3.58. The van der Waals surface area contributed by atoms with Gasteiger partial charge in [0.25, 0.3) is 0 Å². The Morgan fingerprint density at radius 3 is 2.60 bits per heavy atom. The average Bonchev–Trinajstić information content (AvgIpc) is 2.24. The number of hydrogen-bond donors (Lipinski definition) is 0. The van der Waals surface area contributed by atoms with E-state index in [1.165, 1.54) is 11.1 Å². The Balaban J connectivity index is 2.25. The number of halogens is 1. The molecule has 0 atom stereocenters. The maximum absolute atomic E-state index is 4.43. The Bertz CT molecular complexity index is 451. The summed E-state index contributed by atoms with van der Waals surface area (Å²) < 4.78 is 1.04. The Hall–Kier alpha value is -1.15. The van der Waals surface area contributed by atoms with E-state index < -0.39 is 0 Å². The quantitative estimate of drug-likeness (QED) is 0.803. The Morgan fingerprint density at radius 1 is 1.20 bits per heavy atom. The number of pyridine rings is 1. The van der Waals surface area contributed by atoms with Crippen LogP contribution in [0.15, 0.2) is 47.1 Å². The molecule has 0 aliphatic carbocycles. The smallest absolute Gasteiger partial charge is 0.0477 e. The predicted molar refractivity (Wildman–Crippen MR) is 65.9 cm³/mol. The molecule has 1 aromatic carbocycles. The molecule has 0 unspecified atom stereocenters. The minimum atomic E-state index is 0.903. The number of aromatic nitrogens is 1. The van der Waals surface area contributed by atoms with Gasteiger partial charge < -0.3 is 0 Å². The van der Waals surface area contributed by atoms with Crippen LogP contribution in [0.1, 0.15) is 16.8 Å². The number of benzene rings is 1. The molecule has 0 radical (unpaired) electrons. The molecule has 2 heteroatoms. The molecule has 0 spiro atoms. The zero-order valence-electron chi connectivity index (χ0n) is 8.57. The predicted octanol–water partition coefficient (Wildman–Crippen LogP) is 3.74. The molecule has 1 nitrogen and oxygen atoms in total. The molecule has 2 aromatic rings. The molecular formula is C13H12BrN. The highest BCUT2D eigenvalue weighted by molar-refractivity contribution is 9.10. The Labute approximate surface area is 98.3 Å². The lowest BCUT2D eigenvalue weighted by molar-refractivity contribution is 1.04. The van der Waals surface area contributed by atoms with E-state index in [4.69, 9.17) is 0 Å². The summed E-state index contributed by atoms with van der Waals surface area (Å²) in [6, 6.07) is 12.5. The fourth-order valence-electron chi connectivity index (χ4n) is 1.54. The highest BCUT2D eigenvalue weighted by atomic mass is 79.9. The standard InChI is InChI=1S/C13H12BrN/c1-10-7-12(14)9-15-13(10)8-11-5-3-2-4-6-11/h2-7,9H,8H2,1H3. The van der Waals surface area contributed by atoms with Crippen molar-refractivity contribution in [2.45, 2.75) is 13.3 Å². The molecule has 0 aliphatic rings. The van der Waals surface area contributed by atoms with Crippen molar-refractivity contribution in [1.29, 1.82) is 0 Å². The monoisotopic (exact) mass is 261 g/mol. The molecule has 0 bridgehead atoms. The summed E-state index contributed by atoms with van der Waals surface area (Å²) in [6.07, 6.45) is 2.76. The van der Waals surface area contributed by atoms with E-state index in [-0.39, 0.29) is 0 Å². The van der Waals surface area contributed by atoms with Crippen LogP contribution in [0.25, 0.3) is 0 Å². The van der Waals surface area contributed by atoms with Gasteiger partial charge in [0, 0.05) is 22.8 Å². The first kappa shape index (κ1) is 10.4. The van der Waals surface area contributed by atoms with Crippen molar-refractivity contribution >= 4 is 15.9 Å². The third kappa shape index (κ3) is 2.66. The first-order chi connectivity index (χ1) is 7.25. The van der Waals surface area contributed by atoms with Gasteiger partial charge in [-0.2, -0.15) is 0 Å². The maximum atomic E-state index is 4.43. The average molecular weight is 262 g/mol. The van der Waals surface area contributed by atoms with Gasteiger partial charge in [0.15, 0.2) is 0 Å². The summed E-state index contributed by atoms with van der Waals surface area (Å²) in [7, 11) is 0. The van der Waals surface area contributed by atoms with Gasteiger partial charge in [0.05, 0.1) is 0 Å². The molecule has 1 aromatic heterocycles. The number of aryl methyl sites for hydroxylation is 1. The molecule has 0 saturated heterocycles. The van der Waals surface area contributed by atoms with Gasteiger partial charge in [-0.05, 0) is 40.0 Å². The SMILES string of the molecule is Cc1cc(Br)cnc1Cc1ccccc1. The molecule has 2 rings (SSSR count). The van der Waals surface area contributed by atoms with E-state index in [1.807, 2.05) is 12.3 Å². The van der Waals surface area contributed by atoms with Crippen molar-refractivity contribution in [2.24, 2.45) is 0 Å². The van der Waals surface area contributed by atoms with Crippen molar-refractivity contribution < 1.29 is 0 Å². The first-order valence-corrected chi connectivity index (χ1v) is 5.70. The third-order valence-corrected chi connectivity index (χ3v) is 2.80. The van der Waals surface area contributed by atoms with Gasteiger partial charge in [-0.3, -0.25) is 4.98 Å². The van der Waals surface area contributed by atoms with Crippen molar-refractivity contribution in [2.75, 3.05) is 0 Å². The van der Waals surface area contributed by atoms with E-state index in [1.54, 1.807) is 0 Å². The van der Waals surface area contributed by atoms with Crippen LogP contribution in [0.3, 0.4) is 0 Å². The van der Waals surface area contributed by atoms with Gasteiger partial charge in [-0.1, -0.05) is 30.3 Å². The molecule has 0 fully saturated rings. The van der Waals surface area contributed by atoms with E-state index in [9.17, 15) is 0 Å². The Morgan fingerprint density at radius 2 is 1.93 bits per heavy atom. The van der Waals surface area contributed by atoms with Gasteiger partial charge >= 0.3 is 0 Å². The summed E-state index contributed by atoms with van der Waals surface area (Å²) in [6.45, 7) is 2.09. The highest BCUT2D eigenvalue weighted by Gasteiger charge is 2.01. The van der Waals surface area contributed by atoms with Crippen LogP contribution in [0.4, 0.5) is 0 Å². The third-order valence-electron chi connectivity index (χ3n) is 2.37. The summed E-state index contributed by atoms with van der Waals surface area (Å²) in [4.78, 5) is 4.43. The molecule has 15 heavy (non-hydrogen) atoms. The van der Waals surface area contributed by atoms with Crippen molar-refractivity contribution in [3.8, 4) is 0 Å². The van der Waals surface area contributed by atoms with E-state index in [0.29, 0.717) is 0 Å². The minimum absolute atomic E-state index is 0.903. The molecule has 0 N–H and O–H groups in total. The van der Waals surface area contributed by atoms with Gasteiger partial charge in [-0.15, -0.1) is 0 Å². The lowest BCUT2D eigenvalue weighted by Crippen LogP contribution is -1.95. The van der Waals surface area contributed by atoms with Gasteiger partial charge in [0.2, 0.25) is 0 Å². The van der Waals surface area contributed by atoms with Crippen LogP contribution in [0.2, 0.25) is 0 Å². The highest BCUT2D eigenvalue weighted by Crippen LogP contribution is 2.15. The summed E-state index contributed by atoms with van der Waals surface area (Å²) >= 11 is 3.42. The number of rotatable bonds is 2. The van der Waals surface area contributed by atoms with E-state index in [0.717, 1.165) is 16.6 Å². The molecule has 0 amide bonds. The number of nitrogens with zero attached hydrogens (tertiary/aromatic N) is 1. The van der Waals surface area contributed by atoms with Crippen molar-refractivity contribution in [3.63, 3.8) is 0 Å². The van der Waals surface area contributed by atoms with Crippen LogP contribution in [-0.4, -0.2) is 4.98 Å². The Kier molecular flexibility index (Phi) is 3.17. The normalized spacial score (nSPS) is 10.3. The lowest BCUT2D eigenvalue weighted by Gasteiger charge is -2.05. The van der Waals surface area contributed by atoms with Crippen LogP contribution >= 0.6 is 15.9 Å². The van der Waals surface area contributed by atoms with Crippen LogP contribution in [-0.2, 0) is 6.42 Å². The zero-order valence-corrected chi connectivity index (χ0v) is 10.2. The fraction of sp³-hybridized carbons (Fsp3) is 0.154. The number of hydrogen-bond acceptors (Lipinski definition) is 1. The largest absolute Gasteiger partial charge is 0.260 e. The fourth-order valence-corrected chi connectivity index (χ4v) is 1.99. The first-order valence-electron chi connectivity index (χ1n) is 4.90. The minimum Gasteiger partial charge on any atom is -0.260 e.